The molecule has 0 radical (unpaired) electrons. The Bertz CT molecular complexity index is 413. The van der Waals surface area contributed by atoms with Gasteiger partial charge in [-0.1, -0.05) is 30.3 Å². The minimum atomic E-state index is -0.386. The Morgan fingerprint density at radius 3 is 2.77 bits per heavy atom. The fourth-order valence-electron chi connectivity index (χ4n) is 3.13. The van der Waals surface area contributed by atoms with Crippen LogP contribution >= 0.6 is 0 Å². The van der Waals surface area contributed by atoms with Crippen molar-refractivity contribution in [2.24, 2.45) is 0 Å². The third-order valence-electron chi connectivity index (χ3n) is 4.27. The summed E-state index contributed by atoms with van der Waals surface area (Å²) in [6.07, 6.45) is 0.765. The van der Waals surface area contributed by atoms with Gasteiger partial charge in [0.1, 0.15) is 0 Å². The lowest BCUT2D eigenvalue weighted by atomic mass is 10.2. The van der Waals surface area contributed by atoms with E-state index in [0.717, 1.165) is 32.6 Å². The molecule has 1 fully saturated rings. The summed E-state index contributed by atoms with van der Waals surface area (Å²) < 4.78 is 5.32. The molecule has 124 valence electrons. The second-order valence-electron chi connectivity index (χ2n) is 6.23. The second kappa shape index (κ2) is 9.26. The molecule has 1 N–H and O–H groups in total. The van der Waals surface area contributed by atoms with Gasteiger partial charge in [-0.15, -0.1) is 0 Å². The molecule has 1 aromatic rings. The van der Waals surface area contributed by atoms with Crippen molar-refractivity contribution in [3.63, 3.8) is 0 Å². The van der Waals surface area contributed by atoms with E-state index in [4.69, 9.17) is 4.74 Å². The highest BCUT2D eigenvalue weighted by Gasteiger charge is 2.23. The Kier molecular flexibility index (Phi) is 7.33. The molecule has 0 unspecified atom stereocenters. The predicted octanol–water partition coefficient (Wildman–Crippen LogP) is 1.98. The summed E-state index contributed by atoms with van der Waals surface area (Å²) in [6.45, 7) is 10.3. The molecule has 1 aromatic carbocycles. The Morgan fingerprint density at radius 1 is 1.27 bits per heavy atom. The van der Waals surface area contributed by atoms with Crippen LogP contribution in [0.1, 0.15) is 25.8 Å². The van der Waals surface area contributed by atoms with Crippen molar-refractivity contribution in [1.29, 1.82) is 0 Å². The first-order valence-corrected chi connectivity index (χ1v) is 8.45. The van der Waals surface area contributed by atoms with E-state index < -0.39 is 0 Å². The standard InChI is InChI=1S/C18H30N2O2/c1-3-22-15-18(21)14-20-11-7-10-19(12-16(20)2)13-17-8-5-4-6-9-17/h4-6,8-9,16,18,21H,3,7,10-15H2,1-2H3/t16-,18+/m0/s1. The molecule has 1 heterocycles. The first kappa shape index (κ1) is 17.4. The van der Waals surface area contributed by atoms with E-state index in [1.807, 2.05) is 6.92 Å². The Labute approximate surface area is 134 Å². The zero-order valence-electron chi connectivity index (χ0n) is 13.9. The van der Waals surface area contributed by atoms with E-state index in [9.17, 15) is 5.11 Å². The number of benzene rings is 1. The molecule has 0 spiro atoms. The number of rotatable bonds is 7. The number of β-amino-alcohol motifs (C(OH)–C–C–N with tert-alkyl or cyclic N) is 1. The minimum absolute atomic E-state index is 0.386. The molecule has 0 aliphatic carbocycles. The van der Waals surface area contributed by atoms with Crippen molar-refractivity contribution < 1.29 is 9.84 Å². The second-order valence-corrected chi connectivity index (χ2v) is 6.23. The van der Waals surface area contributed by atoms with E-state index in [-0.39, 0.29) is 6.10 Å². The molecule has 1 saturated heterocycles. The summed E-state index contributed by atoms with van der Waals surface area (Å²) in [5.74, 6) is 0. The first-order chi connectivity index (χ1) is 10.7. The van der Waals surface area contributed by atoms with Crippen LogP contribution < -0.4 is 0 Å². The molecular weight excluding hydrogens is 276 g/mol. The predicted molar refractivity (Wildman–Crippen MR) is 89.9 cm³/mol. The van der Waals surface area contributed by atoms with Gasteiger partial charge in [0.2, 0.25) is 0 Å². The third-order valence-corrected chi connectivity index (χ3v) is 4.27. The van der Waals surface area contributed by atoms with Gasteiger partial charge in [-0.05, 0) is 38.9 Å². The van der Waals surface area contributed by atoms with Gasteiger partial charge >= 0.3 is 0 Å². The number of aliphatic hydroxyl groups is 1. The highest BCUT2D eigenvalue weighted by Crippen LogP contribution is 2.13. The smallest absolute Gasteiger partial charge is 0.0900 e. The third kappa shape index (κ3) is 5.69. The topological polar surface area (TPSA) is 35.9 Å². The average Bonchev–Trinajstić information content (AvgIpc) is 2.68. The summed E-state index contributed by atoms with van der Waals surface area (Å²) in [6, 6.07) is 11.1. The molecule has 2 rings (SSSR count). The molecular formula is C18H30N2O2. The van der Waals surface area contributed by atoms with E-state index >= 15 is 0 Å². The summed E-state index contributed by atoms with van der Waals surface area (Å²) in [5.41, 5.74) is 1.37. The number of ether oxygens (including phenoxy) is 1. The van der Waals surface area contributed by atoms with Crippen LogP contribution in [0, 0.1) is 0 Å². The minimum Gasteiger partial charge on any atom is -0.389 e. The van der Waals surface area contributed by atoms with Crippen LogP contribution in [0.4, 0.5) is 0 Å². The van der Waals surface area contributed by atoms with Gasteiger partial charge in [-0.25, -0.2) is 0 Å². The van der Waals surface area contributed by atoms with Crippen LogP contribution in [0.15, 0.2) is 30.3 Å². The molecule has 22 heavy (non-hydrogen) atoms. The maximum absolute atomic E-state index is 10.1. The lowest BCUT2D eigenvalue weighted by Gasteiger charge is -2.30. The zero-order chi connectivity index (χ0) is 15.8. The summed E-state index contributed by atoms with van der Waals surface area (Å²) >= 11 is 0. The van der Waals surface area contributed by atoms with Gasteiger partial charge in [-0.2, -0.15) is 0 Å². The molecule has 4 nitrogen and oxygen atoms in total. The summed E-state index contributed by atoms with van der Waals surface area (Å²) in [4.78, 5) is 4.92. The van der Waals surface area contributed by atoms with E-state index in [1.165, 1.54) is 5.56 Å². The van der Waals surface area contributed by atoms with Crippen LogP contribution in [0.3, 0.4) is 0 Å². The van der Waals surface area contributed by atoms with Crippen LogP contribution in [-0.2, 0) is 11.3 Å². The molecule has 4 heteroatoms. The van der Waals surface area contributed by atoms with Crippen molar-refractivity contribution in [3.8, 4) is 0 Å². The van der Waals surface area contributed by atoms with Crippen LogP contribution in [0.2, 0.25) is 0 Å². The van der Waals surface area contributed by atoms with Gasteiger partial charge < -0.3 is 9.84 Å². The number of nitrogens with zero attached hydrogens (tertiary/aromatic N) is 2. The molecule has 2 atom stereocenters. The van der Waals surface area contributed by atoms with Crippen molar-refractivity contribution in [2.45, 2.75) is 39.0 Å². The van der Waals surface area contributed by atoms with E-state index in [1.54, 1.807) is 0 Å². The summed E-state index contributed by atoms with van der Waals surface area (Å²) in [7, 11) is 0. The number of hydrogen-bond acceptors (Lipinski definition) is 4. The maximum Gasteiger partial charge on any atom is 0.0900 e. The van der Waals surface area contributed by atoms with Crippen LogP contribution in [0.25, 0.3) is 0 Å². The SMILES string of the molecule is CCOC[C@H](O)CN1CCCN(Cc2ccccc2)C[C@@H]1C. The lowest BCUT2D eigenvalue weighted by Crippen LogP contribution is -2.43. The quantitative estimate of drug-likeness (QED) is 0.835. The maximum atomic E-state index is 10.1. The first-order valence-electron chi connectivity index (χ1n) is 8.45. The largest absolute Gasteiger partial charge is 0.389 e. The Hall–Kier alpha value is -0.940. The van der Waals surface area contributed by atoms with Gasteiger partial charge in [0.05, 0.1) is 12.7 Å². The molecule has 0 aromatic heterocycles. The highest BCUT2D eigenvalue weighted by atomic mass is 16.5. The molecule has 0 bridgehead atoms. The Balaban J connectivity index is 1.83. The van der Waals surface area contributed by atoms with Crippen molar-refractivity contribution in [3.05, 3.63) is 35.9 Å². The molecule has 0 amide bonds. The van der Waals surface area contributed by atoms with Crippen molar-refractivity contribution >= 4 is 0 Å². The van der Waals surface area contributed by atoms with Crippen molar-refractivity contribution in [2.75, 3.05) is 39.4 Å². The van der Waals surface area contributed by atoms with Gasteiger partial charge in [0.25, 0.3) is 0 Å². The summed E-state index contributed by atoms with van der Waals surface area (Å²) in [5, 5.41) is 10.1. The number of aliphatic hydroxyl groups excluding tert-OH is 1. The van der Waals surface area contributed by atoms with Gasteiger partial charge in [-0.3, -0.25) is 9.80 Å². The van der Waals surface area contributed by atoms with Gasteiger partial charge in [0, 0.05) is 32.3 Å². The molecule has 1 aliphatic rings. The fraction of sp³-hybridized carbons (Fsp3) is 0.667. The fourth-order valence-corrected chi connectivity index (χ4v) is 3.13. The van der Waals surface area contributed by atoms with Crippen LogP contribution in [-0.4, -0.2) is 66.4 Å². The average molecular weight is 306 g/mol. The van der Waals surface area contributed by atoms with Crippen molar-refractivity contribution in [1.82, 2.24) is 9.80 Å². The monoisotopic (exact) mass is 306 g/mol. The van der Waals surface area contributed by atoms with Crippen LogP contribution in [0.5, 0.6) is 0 Å². The molecule has 1 aliphatic heterocycles. The zero-order valence-corrected chi connectivity index (χ0v) is 13.9. The highest BCUT2D eigenvalue weighted by molar-refractivity contribution is 5.14. The lowest BCUT2D eigenvalue weighted by molar-refractivity contribution is 0.0141. The van der Waals surface area contributed by atoms with E-state index in [0.29, 0.717) is 25.8 Å². The normalized spacial score (nSPS) is 22.4. The Morgan fingerprint density at radius 2 is 2.05 bits per heavy atom. The van der Waals surface area contributed by atoms with Gasteiger partial charge in [0.15, 0.2) is 0 Å². The molecule has 0 saturated carbocycles. The number of hydrogen-bond donors (Lipinski definition) is 1. The van der Waals surface area contributed by atoms with E-state index in [2.05, 4.69) is 47.1 Å².